The molecule has 40 heavy (non-hydrogen) atoms. The van der Waals surface area contributed by atoms with E-state index in [-0.39, 0.29) is 85.0 Å². The number of thioether (sulfide) groups is 2. The third-order valence-corrected chi connectivity index (χ3v) is 9.06. The lowest BCUT2D eigenvalue weighted by molar-refractivity contribution is -0.157. The molecule has 2 saturated heterocycles. The molecule has 224 valence electrons. The zero-order valence-corrected chi connectivity index (χ0v) is 25.5. The average Bonchev–Trinajstić information content (AvgIpc) is 3.52. The number of nitrogens with two attached hydrogens (primary N) is 3. The summed E-state index contributed by atoms with van der Waals surface area (Å²) in [5.74, 6) is -1.73. The van der Waals surface area contributed by atoms with Crippen LogP contribution in [0.3, 0.4) is 0 Å². The van der Waals surface area contributed by atoms with E-state index >= 15 is 0 Å². The number of hydrogen-bond acceptors (Lipinski definition) is 15. The number of thiazole rings is 1. The number of rotatable bonds is 12. The first-order chi connectivity index (χ1) is 17.8. The first kappa shape index (κ1) is 35.9. The number of fused-ring (bicyclic) bond motifs is 1. The van der Waals surface area contributed by atoms with Gasteiger partial charge in [0, 0.05) is 36.5 Å². The number of carbonyl (C=O) groups is 3. The van der Waals surface area contributed by atoms with Crippen LogP contribution in [0.4, 0.5) is 5.13 Å². The molecule has 0 aliphatic carbocycles. The van der Waals surface area contributed by atoms with Crippen molar-refractivity contribution in [3.63, 3.8) is 0 Å². The number of carboxylic acid groups (broad SMARTS) is 1. The predicted molar refractivity (Wildman–Crippen MR) is 157 cm³/mol. The number of nitrogens with one attached hydrogen (secondary N) is 1. The van der Waals surface area contributed by atoms with Crippen LogP contribution >= 0.6 is 72.1 Å². The molecule has 2 amide bonds. The molecule has 0 aromatic carbocycles. The van der Waals surface area contributed by atoms with Gasteiger partial charge in [-0.1, -0.05) is 16.9 Å². The van der Waals surface area contributed by atoms with E-state index in [9.17, 15) is 19.5 Å². The normalized spacial score (nSPS) is 21.6. The molecule has 2 aliphatic rings. The molecule has 0 radical (unpaired) electrons. The number of β-lactam (4-membered cyclic amide) rings is 1. The topological polar surface area (TPSA) is 243 Å². The Labute approximate surface area is 259 Å². The van der Waals surface area contributed by atoms with E-state index in [1.54, 1.807) is 5.38 Å². The van der Waals surface area contributed by atoms with Gasteiger partial charge in [0.15, 0.2) is 10.8 Å². The summed E-state index contributed by atoms with van der Waals surface area (Å²) in [7, 11) is 0. The maximum absolute atomic E-state index is 13.0. The lowest BCUT2D eigenvalue weighted by Crippen LogP contribution is -2.74. The number of tetrazole rings is 1. The van der Waals surface area contributed by atoms with Crippen molar-refractivity contribution in [2.24, 2.45) is 22.0 Å². The molecule has 0 spiro atoms. The van der Waals surface area contributed by atoms with Gasteiger partial charge in [0.1, 0.15) is 29.1 Å². The second kappa shape index (κ2) is 15.8. The van der Waals surface area contributed by atoms with Crippen LogP contribution in [0.1, 0.15) is 5.69 Å². The van der Waals surface area contributed by atoms with Crippen LogP contribution in [0.25, 0.3) is 0 Å². The third kappa shape index (κ3) is 7.58. The van der Waals surface area contributed by atoms with Crippen LogP contribution in [0.15, 0.2) is 15.7 Å². The van der Waals surface area contributed by atoms with Crippen molar-refractivity contribution in [3.8, 4) is 0 Å². The van der Waals surface area contributed by atoms with Gasteiger partial charge in [0.05, 0.1) is 6.54 Å². The summed E-state index contributed by atoms with van der Waals surface area (Å²) in [5, 5.41) is 29.7. The Hall–Kier alpha value is -2.13. The first-order valence-corrected chi connectivity index (χ1v) is 13.9. The summed E-state index contributed by atoms with van der Waals surface area (Å²) in [6.07, 6.45) is 0. The lowest BCUT2D eigenvalue weighted by Gasteiger charge is -2.53. The van der Waals surface area contributed by atoms with Gasteiger partial charge in [-0.15, -0.1) is 65.4 Å². The number of aromatic nitrogens is 5. The Balaban J connectivity index is 0.00000267. The fourth-order valence-corrected chi connectivity index (χ4v) is 6.96. The number of oxime groups is 1. The van der Waals surface area contributed by atoms with Gasteiger partial charge in [-0.05, 0) is 10.4 Å². The lowest BCUT2D eigenvalue weighted by atomic mass is 9.89. The molecule has 2 aromatic heterocycles. The van der Waals surface area contributed by atoms with Crippen LogP contribution in [0, 0.1) is 5.41 Å². The molecule has 4 rings (SSSR count). The Bertz CT molecular complexity index is 1210. The molecule has 8 N–H and O–H groups in total. The van der Waals surface area contributed by atoms with E-state index in [0.29, 0.717) is 18.2 Å². The second-order valence-corrected chi connectivity index (χ2v) is 11.0. The smallest absolute Gasteiger partial charge is 0.313 e. The summed E-state index contributed by atoms with van der Waals surface area (Å²) in [6, 6.07) is -0.857. The minimum Gasteiger partial charge on any atom is -0.481 e. The van der Waals surface area contributed by atoms with E-state index in [4.69, 9.17) is 22.0 Å². The SMILES string of the molecule is Cl.Cl.Cl.NCCON=C(C(=O)NC1C(=O)N2CC(CSc3nnnn3CCN)(C(=O)O)CS[C@H]12)c1csc(N)n1. The third-order valence-electron chi connectivity index (χ3n) is 5.55. The molecule has 2 aromatic rings. The van der Waals surface area contributed by atoms with Crippen molar-refractivity contribution in [2.45, 2.75) is 23.1 Å². The number of anilines is 1. The number of carboxylic acids is 1. The van der Waals surface area contributed by atoms with E-state index < -0.39 is 34.6 Å². The Morgan fingerprint density at radius 1 is 1.30 bits per heavy atom. The van der Waals surface area contributed by atoms with E-state index in [1.165, 1.54) is 33.1 Å². The van der Waals surface area contributed by atoms with Gasteiger partial charge < -0.3 is 37.4 Å². The number of carbonyl (C=O) groups excluding carboxylic acids is 2. The van der Waals surface area contributed by atoms with Crippen LogP contribution in [0.2, 0.25) is 0 Å². The molecular formula is C18H28Cl3N11O5S3. The van der Waals surface area contributed by atoms with Crippen LogP contribution < -0.4 is 22.5 Å². The molecule has 16 nitrogen and oxygen atoms in total. The van der Waals surface area contributed by atoms with Crippen LogP contribution in [-0.4, -0.2) is 108 Å². The van der Waals surface area contributed by atoms with Gasteiger partial charge in [-0.25, -0.2) is 9.67 Å². The fraction of sp³-hybridized carbons (Fsp3) is 0.556. The molecule has 4 heterocycles. The number of amides is 2. The van der Waals surface area contributed by atoms with Crippen molar-refractivity contribution in [2.75, 3.05) is 43.5 Å². The van der Waals surface area contributed by atoms with Crippen molar-refractivity contribution < 1.29 is 24.3 Å². The maximum Gasteiger partial charge on any atom is 0.313 e. The molecule has 2 unspecified atom stereocenters. The van der Waals surface area contributed by atoms with E-state index in [0.717, 1.165) is 11.3 Å². The molecule has 2 aliphatic heterocycles. The molecule has 22 heteroatoms. The van der Waals surface area contributed by atoms with Crippen LogP contribution in [-0.2, 0) is 25.8 Å². The van der Waals surface area contributed by atoms with Crippen molar-refractivity contribution in [1.29, 1.82) is 0 Å². The standard InChI is InChI=1S/C18H25N11O5S3.3ClH/c19-1-3-29-17(24-26-27-29)37-8-18(15(32)33)6-28-13(31)11(14(28)36-7-18)23-12(30)10(25-34-4-2-20)9-5-35-16(21)22-9;;;/h5,11,14H,1-4,6-8,19-20H2,(H2,21,22)(H,23,30)(H,32,33);3*1H/t11?,14-,18?;;;/m1.../s1. The minimum atomic E-state index is -1.23. The number of aliphatic carboxylic acids is 1. The monoisotopic (exact) mass is 679 g/mol. The van der Waals surface area contributed by atoms with Gasteiger partial charge in [-0.3, -0.25) is 14.4 Å². The highest BCUT2D eigenvalue weighted by atomic mass is 35.5. The van der Waals surface area contributed by atoms with Gasteiger partial charge in [0.25, 0.3) is 5.91 Å². The van der Waals surface area contributed by atoms with Gasteiger partial charge >= 0.3 is 5.97 Å². The van der Waals surface area contributed by atoms with Gasteiger partial charge in [0.2, 0.25) is 11.1 Å². The summed E-state index contributed by atoms with van der Waals surface area (Å²) in [6.45, 7) is 0.988. The molecule has 0 bridgehead atoms. The van der Waals surface area contributed by atoms with Crippen molar-refractivity contribution >= 4 is 101 Å². The highest BCUT2D eigenvalue weighted by Crippen LogP contribution is 2.44. The Morgan fingerprint density at radius 3 is 2.67 bits per heavy atom. The summed E-state index contributed by atoms with van der Waals surface area (Å²) in [5.41, 5.74) is 15.5. The highest BCUT2D eigenvalue weighted by Gasteiger charge is 2.57. The number of halogens is 3. The zero-order chi connectivity index (χ0) is 26.6. The summed E-state index contributed by atoms with van der Waals surface area (Å²) >= 11 is 3.60. The quantitative estimate of drug-likeness (QED) is 0.0586. The Morgan fingerprint density at radius 2 is 2.05 bits per heavy atom. The first-order valence-electron chi connectivity index (χ1n) is 11.0. The Kier molecular flexibility index (Phi) is 14.1. The zero-order valence-electron chi connectivity index (χ0n) is 20.6. The predicted octanol–water partition coefficient (Wildman–Crippen LogP) is -1.12. The minimum absolute atomic E-state index is 0. The van der Waals surface area contributed by atoms with Gasteiger partial charge in [-0.2, -0.15) is 0 Å². The molecular weight excluding hydrogens is 653 g/mol. The number of nitrogens with zero attached hydrogens (tertiary/aromatic N) is 7. The number of nitrogen functional groups attached to an aromatic ring is 1. The summed E-state index contributed by atoms with van der Waals surface area (Å²) in [4.78, 5) is 48.8. The average molecular weight is 681 g/mol. The van der Waals surface area contributed by atoms with Crippen molar-refractivity contribution in [3.05, 3.63) is 11.1 Å². The molecule has 2 fully saturated rings. The fourth-order valence-electron chi connectivity index (χ4n) is 3.64. The summed E-state index contributed by atoms with van der Waals surface area (Å²) < 4.78 is 1.51. The van der Waals surface area contributed by atoms with E-state index in [1.807, 2.05) is 0 Å². The largest absolute Gasteiger partial charge is 0.481 e. The molecule has 0 saturated carbocycles. The maximum atomic E-state index is 13.0. The highest BCUT2D eigenvalue weighted by molar-refractivity contribution is 8.00. The van der Waals surface area contributed by atoms with Crippen molar-refractivity contribution in [1.82, 2.24) is 35.4 Å². The molecule has 3 atom stereocenters. The van der Waals surface area contributed by atoms with E-state index in [2.05, 4.69) is 31.0 Å². The number of hydrogen-bond donors (Lipinski definition) is 5. The second-order valence-electron chi connectivity index (χ2n) is 8.10. The van der Waals surface area contributed by atoms with Crippen LogP contribution in [0.5, 0.6) is 0 Å².